The molecule has 0 radical (unpaired) electrons. The van der Waals surface area contributed by atoms with Crippen LogP contribution in [0, 0.1) is 5.13 Å². The summed E-state index contributed by atoms with van der Waals surface area (Å²) in [6.07, 6.45) is 1.32. The van der Waals surface area contributed by atoms with Gasteiger partial charge in [-0.15, -0.1) is 22.9 Å². The number of imide groups is 1. The smallest absolute Gasteiger partial charge is 0.336 e. The van der Waals surface area contributed by atoms with Crippen molar-refractivity contribution in [3.05, 3.63) is 26.2 Å². The number of nitrogens with zero attached hydrogens (tertiary/aromatic N) is 1. The van der Waals surface area contributed by atoms with Gasteiger partial charge in [-0.2, -0.15) is 4.39 Å². The van der Waals surface area contributed by atoms with Crippen LogP contribution in [-0.4, -0.2) is 50.1 Å². The summed E-state index contributed by atoms with van der Waals surface area (Å²) in [5.41, 5.74) is -0.400. The first-order chi connectivity index (χ1) is 15.3. The van der Waals surface area contributed by atoms with E-state index in [0.717, 1.165) is 0 Å². The topological polar surface area (TPSA) is 99.2 Å². The Bertz CT molecular complexity index is 931. The summed E-state index contributed by atoms with van der Waals surface area (Å²) in [5.74, 6) is -3.88. The number of hydrogen-bond donors (Lipinski definition) is 0. The predicted octanol–water partition coefficient (Wildman–Crippen LogP) is 3.76. The molecule has 0 aromatic carbocycles. The number of carbonyl (C=O) groups excluding carboxylic acids is 4. The van der Waals surface area contributed by atoms with Gasteiger partial charge in [0.15, 0.2) is 6.79 Å². The minimum atomic E-state index is -0.943. The molecule has 1 aliphatic rings. The molecule has 0 fully saturated rings. The molecule has 12 heteroatoms. The van der Waals surface area contributed by atoms with Crippen molar-refractivity contribution in [2.75, 3.05) is 31.3 Å². The second-order valence-corrected chi connectivity index (χ2v) is 8.31. The molecule has 1 heterocycles. The van der Waals surface area contributed by atoms with Crippen LogP contribution >= 0.6 is 34.5 Å². The number of carbonyl (C=O) groups is 4. The fraction of sp³-hybridized carbons (Fsp3) is 0.500. The van der Waals surface area contributed by atoms with Crippen molar-refractivity contribution < 1.29 is 37.8 Å². The summed E-state index contributed by atoms with van der Waals surface area (Å²) in [6.45, 7) is 1.44. The van der Waals surface area contributed by atoms with Gasteiger partial charge in [-0.1, -0.05) is 11.6 Å². The molecule has 0 unspecified atom stereocenters. The second kappa shape index (κ2) is 12.3. The number of rotatable bonds is 9. The molecule has 2 amide bonds. The van der Waals surface area contributed by atoms with Crippen molar-refractivity contribution in [1.82, 2.24) is 0 Å². The number of methoxy groups -OCH3 is 1. The molecule has 2 rings (SSSR count). The maximum absolute atomic E-state index is 14.9. The van der Waals surface area contributed by atoms with Crippen LogP contribution in [0.4, 0.5) is 10.1 Å². The predicted molar refractivity (Wildman–Crippen MR) is 116 cm³/mol. The van der Waals surface area contributed by atoms with Crippen LogP contribution in [0.15, 0.2) is 11.1 Å². The Balaban J connectivity index is 2.50. The highest BCUT2D eigenvalue weighted by Gasteiger charge is 2.36. The quantitative estimate of drug-likeness (QED) is 0.283. The summed E-state index contributed by atoms with van der Waals surface area (Å²) in [4.78, 5) is 50.8. The number of thiophene rings is 1. The number of halogens is 3. The largest absolute Gasteiger partial charge is 0.466 e. The van der Waals surface area contributed by atoms with Crippen molar-refractivity contribution >= 4 is 64.0 Å². The molecule has 32 heavy (non-hydrogen) atoms. The lowest BCUT2D eigenvalue weighted by molar-refractivity contribution is -0.150. The summed E-state index contributed by atoms with van der Waals surface area (Å²) in [5, 5.41) is -1.21. The average molecular weight is 510 g/mol. The molecule has 1 aliphatic carbocycles. The third kappa shape index (κ3) is 6.06. The standard InChI is InChI=1S/C20H22Cl2FNO7S/c1-3-30-15(26)8-13-16(22)17(18(23)32-13)24(14(25)9-21)19(27)11-6-4-5-7-12(11)20(28)31-10-29-2/h3-10H2,1-2H3. The number of hydrogen-bond acceptors (Lipinski definition) is 8. The molecule has 0 saturated heterocycles. The highest BCUT2D eigenvalue weighted by atomic mass is 35.5. The Labute approximate surface area is 198 Å². The lowest BCUT2D eigenvalue weighted by Crippen LogP contribution is -2.40. The SMILES string of the molecule is CCOC(=O)Cc1sc(F)c(N(C(=O)CCl)C(=O)C2=C(C(=O)OCOC)CCCC2)c1Cl. The minimum absolute atomic E-state index is 0.0180. The normalized spacial score (nSPS) is 13.7. The molecule has 1 aromatic heterocycles. The van der Waals surface area contributed by atoms with Gasteiger partial charge in [-0.3, -0.25) is 14.4 Å². The fourth-order valence-corrected chi connectivity index (χ4v) is 4.57. The van der Waals surface area contributed by atoms with Crippen LogP contribution in [0.25, 0.3) is 0 Å². The van der Waals surface area contributed by atoms with Gasteiger partial charge in [0.2, 0.25) is 11.0 Å². The first kappa shape index (κ1) is 26.2. The molecule has 176 valence electrons. The van der Waals surface area contributed by atoms with Crippen LogP contribution in [0.3, 0.4) is 0 Å². The maximum Gasteiger partial charge on any atom is 0.336 e. The van der Waals surface area contributed by atoms with Gasteiger partial charge in [0.25, 0.3) is 5.91 Å². The number of amides is 2. The van der Waals surface area contributed by atoms with Crippen molar-refractivity contribution in [1.29, 1.82) is 0 Å². The Morgan fingerprint density at radius 1 is 1.12 bits per heavy atom. The highest BCUT2D eigenvalue weighted by molar-refractivity contribution is 7.11. The highest BCUT2D eigenvalue weighted by Crippen LogP contribution is 2.41. The summed E-state index contributed by atoms with van der Waals surface area (Å²) < 4.78 is 29.4. The monoisotopic (exact) mass is 509 g/mol. The van der Waals surface area contributed by atoms with E-state index < -0.39 is 40.5 Å². The zero-order valence-corrected chi connectivity index (χ0v) is 19.8. The summed E-state index contributed by atoms with van der Waals surface area (Å²) in [7, 11) is 1.34. The Kier molecular flexibility index (Phi) is 10.1. The van der Waals surface area contributed by atoms with E-state index in [9.17, 15) is 23.6 Å². The molecule has 8 nitrogen and oxygen atoms in total. The third-order valence-corrected chi connectivity index (χ3v) is 6.25. The zero-order chi connectivity index (χ0) is 23.8. The Hall–Kier alpha value is -2.01. The first-order valence-electron chi connectivity index (χ1n) is 9.70. The van der Waals surface area contributed by atoms with Crippen molar-refractivity contribution in [2.24, 2.45) is 0 Å². The number of esters is 2. The molecule has 0 aliphatic heterocycles. The Morgan fingerprint density at radius 2 is 1.78 bits per heavy atom. The van der Waals surface area contributed by atoms with E-state index in [1.807, 2.05) is 0 Å². The molecular weight excluding hydrogens is 488 g/mol. The number of alkyl halides is 1. The van der Waals surface area contributed by atoms with E-state index >= 15 is 0 Å². The molecule has 0 atom stereocenters. The average Bonchev–Trinajstić information content (AvgIpc) is 3.05. The maximum atomic E-state index is 14.9. The summed E-state index contributed by atoms with van der Waals surface area (Å²) >= 11 is 12.5. The lowest BCUT2D eigenvalue weighted by Gasteiger charge is -2.25. The van der Waals surface area contributed by atoms with E-state index in [4.69, 9.17) is 37.4 Å². The molecular formula is C20H22Cl2FNO7S. The molecule has 0 spiro atoms. The molecule has 1 aromatic rings. The lowest BCUT2D eigenvalue weighted by atomic mass is 9.90. The van der Waals surface area contributed by atoms with Crippen LogP contribution in [0.5, 0.6) is 0 Å². The molecule has 0 N–H and O–H groups in total. The fourth-order valence-electron chi connectivity index (χ4n) is 3.16. The van der Waals surface area contributed by atoms with E-state index in [1.165, 1.54) is 7.11 Å². The van der Waals surface area contributed by atoms with Gasteiger partial charge < -0.3 is 14.2 Å². The van der Waals surface area contributed by atoms with E-state index in [1.54, 1.807) is 6.92 Å². The van der Waals surface area contributed by atoms with Crippen molar-refractivity contribution in [3.63, 3.8) is 0 Å². The minimum Gasteiger partial charge on any atom is -0.466 e. The molecule has 0 bridgehead atoms. The second-order valence-electron chi connectivity index (χ2n) is 6.61. The molecule has 0 saturated carbocycles. The zero-order valence-electron chi connectivity index (χ0n) is 17.5. The van der Waals surface area contributed by atoms with Crippen LogP contribution in [-0.2, 0) is 39.8 Å². The van der Waals surface area contributed by atoms with Gasteiger partial charge in [-0.05, 0) is 32.6 Å². The third-order valence-electron chi connectivity index (χ3n) is 4.53. The van der Waals surface area contributed by atoms with E-state index in [2.05, 4.69) is 0 Å². The van der Waals surface area contributed by atoms with Gasteiger partial charge in [0, 0.05) is 23.1 Å². The van der Waals surface area contributed by atoms with Crippen molar-refractivity contribution in [3.8, 4) is 0 Å². The summed E-state index contributed by atoms with van der Waals surface area (Å²) in [6, 6.07) is 0. The van der Waals surface area contributed by atoms with Crippen LogP contribution in [0.1, 0.15) is 37.5 Å². The number of anilines is 1. The van der Waals surface area contributed by atoms with Crippen LogP contribution < -0.4 is 4.90 Å². The van der Waals surface area contributed by atoms with E-state index in [-0.39, 0.29) is 53.7 Å². The van der Waals surface area contributed by atoms with Gasteiger partial charge >= 0.3 is 11.9 Å². The van der Waals surface area contributed by atoms with Crippen LogP contribution in [0.2, 0.25) is 5.02 Å². The Morgan fingerprint density at radius 3 is 2.38 bits per heavy atom. The van der Waals surface area contributed by atoms with E-state index in [0.29, 0.717) is 29.1 Å². The van der Waals surface area contributed by atoms with Gasteiger partial charge in [0.05, 0.1) is 18.1 Å². The van der Waals surface area contributed by atoms with Gasteiger partial charge in [-0.25, -0.2) is 9.69 Å². The number of ether oxygens (including phenoxy) is 3. The van der Waals surface area contributed by atoms with Crippen molar-refractivity contribution in [2.45, 2.75) is 39.0 Å². The first-order valence-corrected chi connectivity index (χ1v) is 11.4. The van der Waals surface area contributed by atoms with Gasteiger partial charge in [0.1, 0.15) is 11.6 Å².